The van der Waals surface area contributed by atoms with Crippen LogP contribution in [0.1, 0.15) is 19.8 Å². The molecule has 0 amide bonds. The number of hydrogen-bond acceptors (Lipinski definition) is 5. The second-order valence-corrected chi connectivity index (χ2v) is 9.02. The Kier molecular flexibility index (Phi) is 6.16. The van der Waals surface area contributed by atoms with Gasteiger partial charge in [-0.05, 0) is 30.7 Å². The summed E-state index contributed by atoms with van der Waals surface area (Å²) in [6.07, 6.45) is 3.05. The number of halogens is 1. The zero-order valence-corrected chi connectivity index (χ0v) is 17.7. The predicted octanol–water partition coefficient (Wildman–Crippen LogP) is 4.02. The van der Waals surface area contributed by atoms with Crippen molar-refractivity contribution >= 4 is 21.6 Å². The molecule has 0 unspecified atom stereocenters. The number of aromatic nitrogens is 2. The average Bonchev–Trinajstić information content (AvgIpc) is 3.15. The van der Waals surface area contributed by atoms with Crippen LogP contribution in [0.5, 0.6) is 11.5 Å². The summed E-state index contributed by atoms with van der Waals surface area (Å²) < 4.78 is 28.6. The van der Waals surface area contributed by atoms with Crippen LogP contribution >= 0.6 is 11.6 Å². The second kappa shape index (κ2) is 8.44. The first-order valence-corrected chi connectivity index (χ1v) is 10.9. The van der Waals surface area contributed by atoms with Crippen molar-refractivity contribution in [2.75, 3.05) is 13.6 Å². The van der Waals surface area contributed by atoms with Gasteiger partial charge in [0.1, 0.15) is 16.4 Å². The highest BCUT2D eigenvalue weighted by Crippen LogP contribution is 2.39. The molecular weight excluding hydrogens is 414 g/mol. The minimum atomic E-state index is -3.94. The summed E-state index contributed by atoms with van der Waals surface area (Å²) in [6.45, 7) is 2.29. The fraction of sp³-hybridized carbons (Fsp3) is 0.250. The van der Waals surface area contributed by atoms with E-state index in [1.807, 2.05) is 6.92 Å². The fourth-order valence-corrected chi connectivity index (χ4v) is 4.47. The normalized spacial score (nSPS) is 11.9. The molecule has 154 valence electrons. The smallest absolute Gasteiger partial charge is 0.246 e. The van der Waals surface area contributed by atoms with Crippen molar-refractivity contribution in [2.45, 2.75) is 24.7 Å². The van der Waals surface area contributed by atoms with Crippen LogP contribution in [0, 0.1) is 0 Å². The summed E-state index contributed by atoms with van der Waals surface area (Å²) in [4.78, 5) is -0.282. The average molecular weight is 436 g/mol. The standard InChI is InChI=1S/C20H22ClN3O4S/c1-3-4-11-23(2)29(27,28)20-12-14(18(25)13-19(20)26)16-9-10-22-24(16)17-8-6-5-7-15(17)21/h5-10,12-13,25-26H,3-4,11H2,1-2H3. The number of hydrogen-bond donors (Lipinski definition) is 2. The number of rotatable bonds is 7. The molecule has 1 aromatic heterocycles. The van der Waals surface area contributed by atoms with E-state index in [1.54, 1.807) is 30.3 Å². The molecule has 3 aromatic rings. The first-order chi connectivity index (χ1) is 13.8. The summed E-state index contributed by atoms with van der Waals surface area (Å²) >= 11 is 6.27. The Balaban J connectivity index is 2.14. The van der Waals surface area contributed by atoms with E-state index in [-0.39, 0.29) is 16.2 Å². The molecule has 0 radical (unpaired) electrons. The third-order valence-corrected chi connectivity index (χ3v) is 6.80. The maximum absolute atomic E-state index is 12.9. The van der Waals surface area contributed by atoms with E-state index < -0.39 is 15.8 Å². The first-order valence-electron chi connectivity index (χ1n) is 9.09. The molecule has 0 aliphatic carbocycles. The van der Waals surface area contributed by atoms with E-state index in [0.29, 0.717) is 29.4 Å². The van der Waals surface area contributed by atoms with Crippen LogP contribution in [0.25, 0.3) is 16.9 Å². The number of benzene rings is 2. The van der Waals surface area contributed by atoms with Gasteiger partial charge >= 0.3 is 0 Å². The third-order valence-electron chi connectivity index (χ3n) is 4.59. The van der Waals surface area contributed by atoms with Crippen LogP contribution in [-0.2, 0) is 10.0 Å². The Labute approximate surface area is 174 Å². The van der Waals surface area contributed by atoms with Crippen molar-refractivity contribution in [2.24, 2.45) is 0 Å². The Hall–Kier alpha value is -2.55. The molecule has 7 nitrogen and oxygen atoms in total. The highest BCUT2D eigenvalue weighted by molar-refractivity contribution is 7.89. The van der Waals surface area contributed by atoms with Crippen LogP contribution in [0.3, 0.4) is 0 Å². The summed E-state index contributed by atoms with van der Waals surface area (Å²) in [5.74, 6) is -0.787. The van der Waals surface area contributed by atoms with Crippen molar-refractivity contribution in [3.8, 4) is 28.4 Å². The summed E-state index contributed by atoms with van der Waals surface area (Å²) in [5, 5.41) is 25.4. The van der Waals surface area contributed by atoms with Gasteiger partial charge < -0.3 is 10.2 Å². The topological polar surface area (TPSA) is 95.7 Å². The molecular formula is C20H22ClN3O4S. The van der Waals surface area contributed by atoms with Crippen LogP contribution in [0.2, 0.25) is 5.02 Å². The lowest BCUT2D eigenvalue weighted by Crippen LogP contribution is -2.28. The zero-order chi connectivity index (χ0) is 21.2. The van der Waals surface area contributed by atoms with Gasteiger partial charge in [0.15, 0.2) is 0 Å². The van der Waals surface area contributed by atoms with E-state index in [0.717, 1.165) is 12.5 Å². The number of aromatic hydroxyl groups is 2. The number of para-hydroxylation sites is 1. The molecule has 0 saturated carbocycles. The summed E-state index contributed by atoms with van der Waals surface area (Å²) in [6, 6.07) is 11.0. The van der Waals surface area contributed by atoms with Gasteiger partial charge in [0.05, 0.1) is 22.6 Å². The van der Waals surface area contributed by atoms with Gasteiger partial charge in [-0.1, -0.05) is 37.1 Å². The predicted molar refractivity (Wildman–Crippen MR) is 112 cm³/mol. The Morgan fingerprint density at radius 2 is 1.86 bits per heavy atom. The molecule has 0 aliphatic rings. The highest BCUT2D eigenvalue weighted by atomic mass is 35.5. The van der Waals surface area contributed by atoms with Crippen LogP contribution in [-0.4, -0.2) is 46.3 Å². The second-order valence-electron chi connectivity index (χ2n) is 6.60. The Bertz CT molecular complexity index is 1130. The van der Waals surface area contributed by atoms with Crippen molar-refractivity contribution in [3.05, 3.63) is 53.7 Å². The van der Waals surface area contributed by atoms with Gasteiger partial charge in [-0.25, -0.2) is 17.4 Å². The number of sulfonamides is 1. The van der Waals surface area contributed by atoms with E-state index >= 15 is 0 Å². The molecule has 0 aliphatic heterocycles. The molecule has 2 N–H and O–H groups in total. The molecule has 0 atom stereocenters. The van der Waals surface area contributed by atoms with Gasteiger partial charge in [-0.15, -0.1) is 0 Å². The zero-order valence-electron chi connectivity index (χ0n) is 16.1. The molecule has 9 heteroatoms. The molecule has 0 bridgehead atoms. The van der Waals surface area contributed by atoms with Gasteiger partial charge in [-0.3, -0.25) is 0 Å². The Morgan fingerprint density at radius 1 is 1.14 bits per heavy atom. The van der Waals surface area contributed by atoms with Crippen LogP contribution in [0.15, 0.2) is 53.6 Å². The van der Waals surface area contributed by atoms with Gasteiger partial charge in [0.2, 0.25) is 10.0 Å². The molecule has 0 spiro atoms. The third kappa shape index (κ3) is 4.10. The quantitative estimate of drug-likeness (QED) is 0.584. The number of nitrogens with zero attached hydrogens (tertiary/aromatic N) is 3. The maximum atomic E-state index is 12.9. The van der Waals surface area contributed by atoms with Crippen LogP contribution in [0.4, 0.5) is 0 Å². The lowest BCUT2D eigenvalue weighted by Gasteiger charge is -2.19. The Morgan fingerprint density at radius 3 is 2.55 bits per heavy atom. The van der Waals surface area contributed by atoms with E-state index in [9.17, 15) is 18.6 Å². The fourth-order valence-electron chi connectivity index (χ4n) is 2.96. The first kappa shape index (κ1) is 21.2. The molecule has 0 saturated heterocycles. The van der Waals surface area contributed by atoms with Gasteiger partial charge in [-0.2, -0.15) is 5.10 Å². The van der Waals surface area contributed by atoms with Crippen molar-refractivity contribution in [1.29, 1.82) is 0 Å². The highest BCUT2D eigenvalue weighted by Gasteiger charge is 2.27. The molecule has 1 heterocycles. The molecule has 3 rings (SSSR count). The number of phenolic OH excluding ortho intramolecular Hbond substituents is 2. The molecule has 0 fully saturated rings. The number of phenols is 2. The van der Waals surface area contributed by atoms with Crippen molar-refractivity contribution < 1.29 is 18.6 Å². The number of unbranched alkanes of at least 4 members (excludes halogenated alkanes) is 1. The summed E-state index contributed by atoms with van der Waals surface area (Å²) in [7, 11) is -2.48. The van der Waals surface area contributed by atoms with E-state index in [2.05, 4.69) is 5.10 Å². The molecule has 29 heavy (non-hydrogen) atoms. The van der Waals surface area contributed by atoms with Crippen molar-refractivity contribution in [1.82, 2.24) is 14.1 Å². The monoisotopic (exact) mass is 435 g/mol. The minimum absolute atomic E-state index is 0.211. The van der Waals surface area contributed by atoms with Gasteiger partial charge in [0.25, 0.3) is 0 Å². The maximum Gasteiger partial charge on any atom is 0.246 e. The largest absolute Gasteiger partial charge is 0.507 e. The van der Waals surface area contributed by atoms with Crippen LogP contribution < -0.4 is 0 Å². The van der Waals surface area contributed by atoms with Crippen molar-refractivity contribution in [3.63, 3.8) is 0 Å². The molecule has 2 aromatic carbocycles. The minimum Gasteiger partial charge on any atom is -0.507 e. The lowest BCUT2D eigenvalue weighted by atomic mass is 10.1. The van der Waals surface area contributed by atoms with E-state index in [1.165, 1.54) is 28.3 Å². The van der Waals surface area contributed by atoms with Gasteiger partial charge in [0, 0.05) is 25.2 Å². The summed E-state index contributed by atoms with van der Waals surface area (Å²) in [5.41, 5.74) is 1.22. The SMILES string of the molecule is CCCCN(C)S(=O)(=O)c1cc(-c2ccnn2-c2ccccc2Cl)c(O)cc1O. The van der Waals surface area contributed by atoms with E-state index in [4.69, 9.17) is 11.6 Å². The lowest BCUT2D eigenvalue weighted by molar-refractivity contribution is 0.428.